The largest absolute Gasteiger partial charge is 0.378 e. The van der Waals surface area contributed by atoms with Crippen molar-refractivity contribution in [2.24, 2.45) is 0 Å². The van der Waals surface area contributed by atoms with Gasteiger partial charge in [-0.15, -0.1) is 0 Å². The van der Waals surface area contributed by atoms with E-state index >= 15 is 0 Å². The molecule has 0 aliphatic carbocycles. The number of rotatable bonds is 4. The minimum atomic E-state index is 0.412. The second-order valence-corrected chi connectivity index (χ2v) is 6.13. The highest BCUT2D eigenvalue weighted by Crippen LogP contribution is 2.31. The van der Waals surface area contributed by atoms with Gasteiger partial charge in [-0.25, -0.2) is 9.50 Å². The monoisotopic (exact) mass is 349 g/mol. The number of hydrogen-bond acceptors (Lipinski definition) is 3. The smallest absolute Gasteiger partial charge is 0.163 e. The highest BCUT2D eigenvalue weighted by atomic mass is 35.5. The van der Waals surface area contributed by atoms with Crippen molar-refractivity contribution in [3.8, 4) is 22.4 Å². The molecule has 2 heterocycles. The van der Waals surface area contributed by atoms with E-state index in [0.717, 1.165) is 33.7 Å². The molecule has 0 N–H and O–H groups in total. The standard InChI is InChI=1S/C20H16ClN3O/c1-25-13-17-19(15-7-9-16(21)10-8-15)20-22-12-11-18(24(20)23-17)14-5-3-2-4-6-14/h2-12H,13H2,1H3. The van der Waals surface area contributed by atoms with Gasteiger partial charge in [0.1, 0.15) is 0 Å². The van der Waals surface area contributed by atoms with Crippen molar-refractivity contribution in [1.82, 2.24) is 14.6 Å². The summed E-state index contributed by atoms with van der Waals surface area (Å²) < 4.78 is 7.24. The van der Waals surface area contributed by atoms with Crippen molar-refractivity contribution in [3.63, 3.8) is 0 Å². The van der Waals surface area contributed by atoms with Crippen molar-refractivity contribution in [2.75, 3.05) is 7.11 Å². The fourth-order valence-corrected chi connectivity index (χ4v) is 3.09. The summed E-state index contributed by atoms with van der Waals surface area (Å²) in [7, 11) is 1.67. The molecule has 5 heteroatoms. The highest BCUT2D eigenvalue weighted by Gasteiger charge is 2.18. The summed E-state index contributed by atoms with van der Waals surface area (Å²) in [5, 5.41) is 5.47. The van der Waals surface area contributed by atoms with Gasteiger partial charge in [-0.2, -0.15) is 5.10 Å². The van der Waals surface area contributed by atoms with Crippen molar-refractivity contribution in [3.05, 3.63) is 77.6 Å². The Bertz CT molecular complexity index is 1010. The fourth-order valence-electron chi connectivity index (χ4n) is 2.97. The molecule has 0 saturated carbocycles. The number of halogens is 1. The third-order valence-electron chi connectivity index (χ3n) is 4.07. The molecule has 124 valence electrons. The average molecular weight is 350 g/mol. The Morgan fingerprint density at radius 1 is 0.960 bits per heavy atom. The molecule has 0 unspecified atom stereocenters. The van der Waals surface area contributed by atoms with Crippen LogP contribution in [0.2, 0.25) is 5.02 Å². The summed E-state index contributed by atoms with van der Waals surface area (Å²) in [6.07, 6.45) is 1.81. The first-order chi connectivity index (χ1) is 12.3. The maximum atomic E-state index is 6.04. The van der Waals surface area contributed by atoms with Crippen molar-refractivity contribution in [2.45, 2.75) is 6.61 Å². The molecule has 4 nitrogen and oxygen atoms in total. The van der Waals surface area contributed by atoms with E-state index in [2.05, 4.69) is 17.1 Å². The van der Waals surface area contributed by atoms with Crippen LogP contribution in [0.5, 0.6) is 0 Å². The van der Waals surface area contributed by atoms with Gasteiger partial charge < -0.3 is 4.74 Å². The SMILES string of the molecule is COCc1nn2c(-c3ccccc3)ccnc2c1-c1ccc(Cl)cc1. The molecular weight excluding hydrogens is 334 g/mol. The number of fused-ring (bicyclic) bond motifs is 1. The van der Waals surface area contributed by atoms with Gasteiger partial charge >= 0.3 is 0 Å². The lowest BCUT2D eigenvalue weighted by Gasteiger charge is -2.05. The van der Waals surface area contributed by atoms with Gasteiger partial charge in [0.05, 0.1) is 23.6 Å². The van der Waals surface area contributed by atoms with E-state index in [0.29, 0.717) is 11.6 Å². The number of hydrogen-bond donors (Lipinski definition) is 0. The van der Waals surface area contributed by atoms with E-state index < -0.39 is 0 Å². The summed E-state index contributed by atoms with van der Waals surface area (Å²) in [6, 6.07) is 19.8. The number of aromatic nitrogens is 3. The van der Waals surface area contributed by atoms with Crippen LogP contribution in [0.3, 0.4) is 0 Å². The van der Waals surface area contributed by atoms with Crippen LogP contribution in [0.25, 0.3) is 28.0 Å². The third-order valence-corrected chi connectivity index (χ3v) is 4.33. The van der Waals surface area contributed by atoms with Crippen molar-refractivity contribution >= 4 is 17.2 Å². The van der Waals surface area contributed by atoms with Gasteiger partial charge in [-0.1, -0.05) is 54.1 Å². The molecule has 0 fully saturated rings. The fraction of sp³-hybridized carbons (Fsp3) is 0.100. The van der Waals surface area contributed by atoms with Crippen LogP contribution in [0.15, 0.2) is 66.9 Å². The maximum Gasteiger partial charge on any atom is 0.163 e. The average Bonchev–Trinajstić information content (AvgIpc) is 3.01. The first-order valence-corrected chi connectivity index (χ1v) is 8.32. The van der Waals surface area contributed by atoms with Gasteiger partial charge in [-0.05, 0) is 23.8 Å². The molecule has 4 rings (SSSR count). The Balaban J connectivity index is 1.99. The summed E-state index contributed by atoms with van der Waals surface area (Å²) in [5.74, 6) is 0. The molecule has 0 amide bonds. The third kappa shape index (κ3) is 2.90. The number of ether oxygens (including phenoxy) is 1. The highest BCUT2D eigenvalue weighted by molar-refractivity contribution is 6.30. The lowest BCUT2D eigenvalue weighted by atomic mass is 10.1. The molecular formula is C20H16ClN3O. The van der Waals surface area contributed by atoms with Gasteiger partial charge in [0.2, 0.25) is 0 Å². The van der Waals surface area contributed by atoms with E-state index in [1.54, 1.807) is 7.11 Å². The molecule has 0 aliphatic heterocycles. The van der Waals surface area contributed by atoms with Crippen molar-refractivity contribution in [1.29, 1.82) is 0 Å². The molecule has 4 aromatic rings. The van der Waals surface area contributed by atoms with Crippen molar-refractivity contribution < 1.29 is 4.74 Å². The predicted octanol–water partition coefficient (Wildman–Crippen LogP) is 4.86. The Hall–Kier alpha value is -2.69. The Morgan fingerprint density at radius 3 is 2.44 bits per heavy atom. The lowest BCUT2D eigenvalue weighted by Crippen LogP contribution is -1.96. The molecule has 2 aromatic heterocycles. The zero-order valence-electron chi connectivity index (χ0n) is 13.7. The molecule has 0 aliphatic rings. The quantitative estimate of drug-likeness (QED) is 0.528. The predicted molar refractivity (Wildman–Crippen MR) is 99.6 cm³/mol. The van der Waals surface area contributed by atoms with Crippen LogP contribution in [-0.4, -0.2) is 21.7 Å². The second-order valence-electron chi connectivity index (χ2n) is 5.69. The molecule has 0 saturated heterocycles. The van der Waals surface area contributed by atoms with Crippen LogP contribution in [0.1, 0.15) is 5.69 Å². The molecule has 2 aromatic carbocycles. The summed E-state index contributed by atoms with van der Waals surface area (Å²) in [4.78, 5) is 4.58. The summed E-state index contributed by atoms with van der Waals surface area (Å²) in [5.41, 5.74) is 5.71. The number of nitrogens with zero attached hydrogens (tertiary/aromatic N) is 3. The molecule has 25 heavy (non-hydrogen) atoms. The van der Waals surface area contributed by atoms with E-state index in [-0.39, 0.29) is 0 Å². The molecule has 0 spiro atoms. The zero-order valence-corrected chi connectivity index (χ0v) is 14.4. The topological polar surface area (TPSA) is 39.4 Å². The first-order valence-electron chi connectivity index (χ1n) is 7.95. The van der Waals surface area contributed by atoms with Crippen LogP contribution in [0.4, 0.5) is 0 Å². The van der Waals surface area contributed by atoms with Gasteiger partial charge in [0.25, 0.3) is 0 Å². The van der Waals surface area contributed by atoms with Crippen LogP contribution >= 0.6 is 11.6 Å². The minimum Gasteiger partial charge on any atom is -0.378 e. The van der Waals surface area contributed by atoms with E-state index in [1.807, 2.05) is 59.2 Å². The van der Waals surface area contributed by atoms with Gasteiger partial charge in [0.15, 0.2) is 5.65 Å². The normalized spacial score (nSPS) is 11.1. The van der Waals surface area contributed by atoms with Crippen LogP contribution in [-0.2, 0) is 11.3 Å². The summed E-state index contributed by atoms with van der Waals surface area (Å²) in [6.45, 7) is 0.412. The van der Waals surface area contributed by atoms with E-state index in [1.165, 1.54) is 0 Å². The Labute approximate surface area is 150 Å². The van der Waals surface area contributed by atoms with Crippen LogP contribution < -0.4 is 0 Å². The lowest BCUT2D eigenvalue weighted by molar-refractivity contribution is 0.181. The summed E-state index contributed by atoms with van der Waals surface area (Å²) >= 11 is 6.04. The molecule has 0 bridgehead atoms. The maximum absolute atomic E-state index is 6.04. The second kappa shape index (κ2) is 6.67. The van der Waals surface area contributed by atoms with E-state index in [9.17, 15) is 0 Å². The molecule has 0 radical (unpaired) electrons. The molecule has 0 atom stereocenters. The Morgan fingerprint density at radius 2 is 1.72 bits per heavy atom. The number of benzene rings is 2. The van der Waals surface area contributed by atoms with Gasteiger partial charge in [0, 0.05) is 23.9 Å². The van der Waals surface area contributed by atoms with E-state index in [4.69, 9.17) is 21.4 Å². The first kappa shape index (κ1) is 15.8. The van der Waals surface area contributed by atoms with Gasteiger partial charge in [-0.3, -0.25) is 0 Å². The Kier molecular flexibility index (Phi) is 4.22. The van der Waals surface area contributed by atoms with Crippen LogP contribution in [0, 0.1) is 0 Å². The zero-order chi connectivity index (χ0) is 17.2. The minimum absolute atomic E-state index is 0.412. The number of methoxy groups -OCH3 is 1.